The molecule has 0 radical (unpaired) electrons. The van der Waals surface area contributed by atoms with Crippen molar-refractivity contribution in [2.24, 2.45) is 0 Å². The van der Waals surface area contributed by atoms with Gasteiger partial charge >= 0.3 is 0 Å². The number of benzene rings is 3. The van der Waals surface area contributed by atoms with Crippen LogP contribution in [0.15, 0.2) is 66.7 Å². The molecule has 1 nitrogen and oxygen atoms in total. The topological polar surface area (TPSA) is 17.1 Å². The molecule has 21 heavy (non-hydrogen) atoms. The van der Waals surface area contributed by atoms with Gasteiger partial charge in [-0.05, 0) is 34.4 Å². The Balaban J connectivity index is 1.75. The van der Waals surface area contributed by atoms with Gasteiger partial charge in [-0.3, -0.25) is 4.79 Å². The van der Waals surface area contributed by atoms with Crippen molar-refractivity contribution < 1.29 is 4.79 Å². The van der Waals surface area contributed by atoms with E-state index in [4.69, 9.17) is 0 Å². The number of ketones is 1. The molecule has 0 N–H and O–H groups in total. The third-order valence-electron chi connectivity index (χ3n) is 3.86. The first-order valence-corrected chi connectivity index (χ1v) is 7.26. The van der Waals surface area contributed by atoms with Crippen molar-refractivity contribution in [1.82, 2.24) is 0 Å². The molecule has 0 unspecified atom stereocenters. The molecule has 3 aromatic carbocycles. The Morgan fingerprint density at radius 3 is 2.33 bits per heavy atom. The Hall–Kier alpha value is -2.41. The molecule has 0 saturated heterocycles. The van der Waals surface area contributed by atoms with Gasteiger partial charge < -0.3 is 0 Å². The molecule has 0 heterocycles. The first-order chi connectivity index (χ1) is 10.2. The smallest absolute Gasteiger partial charge is 0.141 e. The highest BCUT2D eigenvalue weighted by Gasteiger charge is 2.07. The Bertz CT molecular complexity index is 786. The van der Waals surface area contributed by atoms with Crippen molar-refractivity contribution in [2.75, 3.05) is 0 Å². The molecule has 0 aliphatic heterocycles. The Morgan fingerprint density at radius 1 is 0.810 bits per heavy atom. The summed E-state index contributed by atoms with van der Waals surface area (Å²) in [5.41, 5.74) is 3.40. The van der Waals surface area contributed by atoms with E-state index in [0.29, 0.717) is 12.8 Å². The summed E-state index contributed by atoms with van der Waals surface area (Å²) in [6.45, 7) is 2.05. The number of carbonyl (C=O) groups is 1. The first kappa shape index (κ1) is 13.6. The molecule has 0 aliphatic carbocycles. The van der Waals surface area contributed by atoms with Crippen LogP contribution in [-0.2, 0) is 17.6 Å². The van der Waals surface area contributed by atoms with E-state index in [1.165, 1.54) is 16.3 Å². The molecule has 104 valence electrons. The van der Waals surface area contributed by atoms with E-state index < -0.39 is 0 Å². The van der Waals surface area contributed by atoms with Crippen molar-refractivity contribution in [3.63, 3.8) is 0 Å². The number of hydrogen-bond acceptors (Lipinski definition) is 1. The predicted octanol–water partition coefficient (Wildman–Crippen LogP) is 4.50. The molecule has 0 aliphatic rings. The van der Waals surface area contributed by atoms with Crippen LogP contribution in [0.25, 0.3) is 10.8 Å². The van der Waals surface area contributed by atoms with E-state index in [2.05, 4.69) is 43.3 Å². The summed E-state index contributed by atoms with van der Waals surface area (Å²) < 4.78 is 0. The largest absolute Gasteiger partial charge is 0.299 e. The quantitative estimate of drug-likeness (QED) is 0.684. The molecule has 3 aromatic rings. The zero-order valence-electron chi connectivity index (χ0n) is 12.2. The van der Waals surface area contributed by atoms with Gasteiger partial charge in [-0.2, -0.15) is 0 Å². The van der Waals surface area contributed by atoms with Gasteiger partial charge in [-0.25, -0.2) is 0 Å². The van der Waals surface area contributed by atoms with Crippen molar-refractivity contribution in [3.8, 4) is 0 Å². The molecule has 0 saturated carbocycles. The van der Waals surface area contributed by atoms with Crippen LogP contribution < -0.4 is 0 Å². The lowest BCUT2D eigenvalue weighted by molar-refractivity contribution is -0.117. The summed E-state index contributed by atoms with van der Waals surface area (Å²) >= 11 is 0. The minimum absolute atomic E-state index is 0.264. The van der Waals surface area contributed by atoms with Gasteiger partial charge in [-0.1, -0.05) is 66.7 Å². The Labute approximate surface area is 125 Å². The maximum atomic E-state index is 12.3. The molecule has 0 spiro atoms. The summed E-state index contributed by atoms with van der Waals surface area (Å²) in [6.07, 6.45) is 1.01. The lowest BCUT2D eigenvalue weighted by Crippen LogP contribution is -2.07. The number of carbonyl (C=O) groups excluding carboxylic acids is 1. The molecule has 0 fully saturated rings. The Kier molecular flexibility index (Phi) is 3.83. The second-order valence-corrected chi connectivity index (χ2v) is 5.50. The van der Waals surface area contributed by atoms with Crippen LogP contribution in [0.5, 0.6) is 0 Å². The van der Waals surface area contributed by atoms with Gasteiger partial charge in [0.2, 0.25) is 0 Å². The SMILES string of the molecule is Cc1ccccc1CC(=O)Cc1ccc2ccccc2c1. The summed E-state index contributed by atoms with van der Waals surface area (Å²) in [4.78, 5) is 12.3. The van der Waals surface area contributed by atoms with Crippen LogP contribution in [0.3, 0.4) is 0 Å². The number of hydrogen-bond donors (Lipinski definition) is 0. The fourth-order valence-corrected chi connectivity index (χ4v) is 2.66. The molecule has 0 bridgehead atoms. The van der Waals surface area contributed by atoms with Gasteiger partial charge in [0.25, 0.3) is 0 Å². The Morgan fingerprint density at radius 2 is 1.52 bits per heavy atom. The predicted molar refractivity (Wildman–Crippen MR) is 87.5 cm³/mol. The van der Waals surface area contributed by atoms with Crippen LogP contribution in [0, 0.1) is 6.92 Å². The number of aryl methyl sites for hydroxylation is 1. The molecule has 0 aromatic heterocycles. The minimum atomic E-state index is 0.264. The average Bonchev–Trinajstić information content (AvgIpc) is 2.49. The zero-order valence-corrected chi connectivity index (χ0v) is 12.2. The normalized spacial score (nSPS) is 10.7. The third kappa shape index (κ3) is 3.19. The van der Waals surface area contributed by atoms with E-state index >= 15 is 0 Å². The highest BCUT2D eigenvalue weighted by molar-refractivity contribution is 5.87. The summed E-state index contributed by atoms with van der Waals surface area (Å²) in [5, 5.41) is 2.41. The average molecular weight is 274 g/mol. The fourth-order valence-electron chi connectivity index (χ4n) is 2.66. The lowest BCUT2D eigenvalue weighted by atomic mass is 9.98. The number of rotatable bonds is 4. The van der Waals surface area contributed by atoms with Crippen molar-refractivity contribution in [1.29, 1.82) is 0 Å². The number of Topliss-reactive ketones (excluding diaryl/α,β-unsaturated/α-hetero) is 1. The first-order valence-electron chi connectivity index (χ1n) is 7.26. The third-order valence-corrected chi connectivity index (χ3v) is 3.86. The van der Waals surface area contributed by atoms with Gasteiger partial charge in [0.15, 0.2) is 0 Å². The standard InChI is InChI=1S/C20H18O/c1-15-6-2-3-8-18(15)14-20(21)13-16-10-11-17-7-4-5-9-19(17)12-16/h2-12H,13-14H2,1H3. The van der Waals surface area contributed by atoms with Gasteiger partial charge in [0, 0.05) is 12.8 Å². The van der Waals surface area contributed by atoms with Crippen molar-refractivity contribution in [2.45, 2.75) is 19.8 Å². The highest BCUT2D eigenvalue weighted by Crippen LogP contribution is 2.17. The fraction of sp³-hybridized carbons (Fsp3) is 0.150. The van der Waals surface area contributed by atoms with E-state index in [1.807, 2.05) is 30.3 Å². The second kappa shape index (κ2) is 5.92. The molecular weight excluding hydrogens is 256 g/mol. The highest BCUT2D eigenvalue weighted by atomic mass is 16.1. The monoisotopic (exact) mass is 274 g/mol. The van der Waals surface area contributed by atoms with Crippen LogP contribution in [-0.4, -0.2) is 5.78 Å². The van der Waals surface area contributed by atoms with Crippen molar-refractivity contribution >= 4 is 16.6 Å². The maximum absolute atomic E-state index is 12.3. The molecule has 0 atom stereocenters. The minimum Gasteiger partial charge on any atom is -0.299 e. The van der Waals surface area contributed by atoms with Crippen LogP contribution in [0.1, 0.15) is 16.7 Å². The summed E-state index contributed by atoms with van der Waals surface area (Å²) in [7, 11) is 0. The van der Waals surface area contributed by atoms with Crippen LogP contribution in [0.4, 0.5) is 0 Å². The molecule has 0 amide bonds. The number of fused-ring (bicyclic) bond motifs is 1. The van der Waals surface area contributed by atoms with E-state index in [9.17, 15) is 4.79 Å². The summed E-state index contributed by atoms with van der Waals surface area (Å²) in [6, 6.07) is 22.6. The van der Waals surface area contributed by atoms with Crippen LogP contribution >= 0.6 is 0 Å². The van der Waals surface area contributed by atoms with E-state index in [1.54, 1.807) is 0 Å². The van der Waals surface area contributed by atoms with E-state index in [-0.39, 0.29) is 5.78 Å². The second-order valence-electron chi connectivity index (χ2n) is 5.50. The molecule has 3 rings (SSSR count). The molecular formula is C20H18O. The van der Waals surface area contributed by atoms with E-state index in [0.717, 1.165) is 11.1 Å². The van der Waals surface area contributed by atoms with Gasteiger partial charge in [-0.15, -0.1) is 0 Å². The lowest BCUT2D eigenvalue weighted by Gasteiger charge is -2.06. The summed E-state index contributed by atoms with van der Waals surface area (Å²) in [5.74, 6) is 0.264. The van der Waals surface area contributed by atoms with Gasteiger partial charge in [0.1, 0.15) is 5.78 Å². The van der Waals surface area contributed by atoms with Crippen LogP contribution in [0.2, 0.25) is 0 Å². The zero-order chi connectivity index (χ0) is 14.7. The molecule has 1 heteroatoms. The maximum Gasteiger partial charge on any atom is 0.141 e. The van der Waals surface area contributed by atoms with Gasteiger partial charge in [0.05, 0.1) is 0 Å². The van der Waals surface area contributed by atoms with Crippen molar-refractivity contribution in [3.05, 3.63) is 83.4 Å².